The third-order valence-electron chi connectivity index (χ3n) is 3.79. The van der Waals surface area contributed by atoms with Crippen LogP contribution in [0.25, 0.3) is 26.0 Å². The van der Waals surface area contributed by atoms with Crippen LogP contribution in [0.2, 0.25) is 0 Å². The minimum absolute atomic E-state index is 0.648. The molecule has 0 fully saturated rings. The minimum Gasteiger partial charge on any atom is -0.497 e. The first-order chi connectivity index (χ1) is 10.8. The second kappa shape index (κ2) is 5.00. The summed E-state index contributed by atoms with van der Waals surface area (Å²) in [6.07, 6.45) is 0.900. The van der Waals surface area contributed by atoms with Crippen LogP contribution in [0.1, 0.15) is 10.5 Å². The number of carbonyl (C=O) groups is 1. The quantitative estimate of drug-likeness (QED) is 0.515. The van der Waals surface area contributed by atoms with Crippen molar-refractivity contribution in [1.82, 2.24) is 4.57 Å². The molecule has 0 radical (unpaired) electrons. The van der Waals surface area contributed by atoms with Crippen LogP contribution in [0.5, 0.6) is 5.75 Å². The van der Waals surface area contributed by atoms with Crippen LogP contribution in [0.3, 0.4) is 0 Å². The lowest BCUT2D eigenvalue weighted by Crippen LogP contribution is -1.95. The number of hydrogen-bond acceptors (Lipinski definition) is 3. The van der Waals surface area contributed by atoms with E-state index in [4.69, 9.17) is 4.74 Å². The first-order valence-corrected chi connectivity index (χ1v) is 7.75. The molecular formula is C18H13NO2S. The van der Waals surface area contributed by atoms with E-state index in [1.54, 1.807) is 18.4 Å². The molecule has 4 rings (SSSR count). The normalized spacial score (nSPS) is 11.1. The van der Waals surface area contributed by atoms with Gasteiger partial charge in [0.2, 0.25) is 0 Å². The average molecular weight is 307 g/mol. The molecule has 2 aromatic heterocycles. The Morgan fingerprint density at radius 1 is 1.05 bits per heavy atom. The van der Waals surface area contributed by atoms with E-state index in [1.165, 1.54) is 10.1 Å². The summed E-state index contributed by atoms with van der Waals surface area (Å²) in [6, 6.07) is 18.1. The summed E-state index contributed by atoms with van der Waals surface area (Å²) < 4.78 is 8.48. The summed E-state index contributed by atoms with van der Waals surface area (Å²) >= 11 is 1.68. The first-order valence-electron chi connectivity index (χ1n) is 6.94. The second-order valence-corrected chi connectivity index (χ2v) is 6.13. The Labute approximate surface area is 131 Å². The molecule has 4 heteroatoms. The average Bonchev–Trinajstić information content (AvgIpc) is 3.14. The lowest BCUT2D eigenvalue weighted by Gasteiger charge is -2.05. The number of nitrogens with zero attached hydrogens (tertiary/aromatic N) is 1. The van der Waals surface area contributed by atoms with Crippen LogP contribution in [-0.2, 0) is 0 Å². The zero-order chi connectivity index (χ0) is 15.1. The number of hydrogen-bond donors (Lipinski definition) is 0. The molecule has 0 N–H and O–H groups in total. The molecule has 22 heavy (non-hydrogen) atoms. The Kier molecular flexibility index (Phi) is 2.98. The molecule has 0 spiro atoms. The van der Waals surface area contributed by atoms with Crippen molar-refractivity contribution in [2.75, 3.05) is 7.11 Å². The summed E-state index contributed by atoms with van der Waals surface area (Å²) in [7, 11) is 1.64. The van der Waals surface area contributed by atoms with Crippen molar-refractivity contribution in [2.45, 2.75) is 0 Å². The number of ether oxygens (including phenoxy) is 1. The van der Waals surface area contributed by atoms with Gasteiger partial charge >= 0.3 is 0 Å². The number of fused-ring (bicyclic) bond motifs is 2. The third-order valence-corrected chi connectivity index (χ3v) is 4.89. The highest BCUT2D eigenvalue weighted by Crippen LogP contribution is 2.33. The van der Waals surface area contributed by atoms with Gasteiger partial charge in [-0.15, -0.1) is 11.3 Å². The smallest absolute Gasteiger partial charge is 0.166 e. The summed E-state index contributed by atoms with van der Waals surface area (Å²) in [6.45, 7) is 0. The topological polar surface area (TPSA) is 31.2 Å². The van der Waals surface area contributed by atoms with Crippen molar-refractivity contribution in [1.29, 1.82) is 0 Å². The van der Waals surface area contributed by atoms with Gasteiger partial charge in [0, 0.05) is 10.1 Å². The van der Waals surface area contributed by atoms with E-state index in [0.29, 0.717) is 5.69 Å². The SMILES string of the molecule is COc1ccc2c(c1)cc(C=O)n2-c1cc2ccccc2s1. The summed E-state index contributed by atoms with van der Waals surface area (Å²) in [5, 5.41) is 3.23. The van der Waals surface area contributed by atoms with Crippen molar-refractivity contribution >= 4 is 38.6 Å². The predicted molar refractivity (Wildman–Crippen MR) is 90.6 cm³/mol. The lowest BCUT2D eigenvalue weighted by atomic mass is 10.2. The number of benzene rings is 2. The van der Waals surface area contributed by atoms with E-state index in [0.717, 1.165) is 27.9 Å². The highest BCUT2D eigenvalue weighted by molar-refractivity contribution is 7.21. The van der Waals surface area contributed by atoms with Gasteiger partial charge in [0.1, 0.15) is 10.8 Å². The maximum atomic E-state index is 11.5. The maximum absolute atomic E-state index is 11.5. The fourth-order valence-corrected chi connectivity index (χ4v) is 3.85. The lowest BCUT2D eigenvalue weighted by molar-refractivity contribution is 0.111. The van der Waals surface area contributed by atoms with Crippen molar-refractivity contribution in [2.24, 2.45) is 0 Å². The van der Waals surface area contributed by atoms with Crippen molar-refractivity contribution in [3.8, 4) is 10.8 Å². The number of rotatable bonds is 3. The van der Waals surface area contributed by atoms with Crippen LogP contribution >= 0.6 is 11.3 Å². The number of thiophene rings is 1. The van der Waals surface area contributed by atoms with Gasteiger partial charge in [0.05, 0.1) is 18.3 Å². The fraction of sp³-hybridized carbons (Fsp3) is 0.0556. The fourth-order valence-electron chi connectivity index (χ4n) is 2.75. The van der Waals surface area contributed by atoms with Crippen molar-refractivity contribution < 1.29 is 9.53 Å². The zero-order valence-electron chi connectivity index (χ0n) is 11.9. The first kappa shape index (κ1) is 13.1. The standard InChI is InChI=1S/C18H13NO2S/c1-21-15-6-7-16-13(9-15)8-14(11-20)19(16)18-10-12-4-2-3-5-17(12)22-18/h2-11H,1H3. The van der Waals surface area contributed by atoms with E-state index < -0.39 is 0 Å². The molecule has 108 valence electrons. The van der Waals surface area contributed by atoms with E-state index in [-0.39, 0.29) is 0 Å². The van der Waals surface area contributed by atoms with Gasteiger partial charge in [0.25, 0.3) is 0 Å². The molecule has 0 unspecified atom stereocenters. The molecule has 2 aromatic carbocycles. The maximum Gasteiger partial charge on any atom is 0.166 e. The monoisotopic (exact) mass is 307 g/mol. The molecule has 0 amide bonds. The number of methoxy groups -OCH3 is 1. The van der Waals surface area contributed by atoms with Gasteiger partial charge in [-0.05, 0) is 41.8 Å². The van der Waals surface area contributed by atoms with Gasteiger partial charge in [0.15, 0.2) is 6.29 Å². The van der Waals surface area contributed by atoms with E-state index in [1.807, 2.05) is 41.0 Å². The number of aldehydes is 1. The third kappa shape index (κ3) is 1.92. The molecule has 0 aliphatic heterocycles. The Hall–Kier alpha value is -2.59. The molecule has 0 aliphatic carbocycles. The Morgan fingerprint density at radius 3 is 2.68 bits per heavy atom. The van der Waals surface area contributed by atoms with Crippen LogP contribution in [0.15, 0.2) is 54.6 Å². The summed E-state index contributed by atoms with van der Waals surface area (Å²) in [5.41, 5.74) is 1.66. The molecule has 2 heterocycles. The van der Waals surface area contributed by atoms with Crippen LogP contribution in [0, 0.1) is 0 Å². The molecule has 0 saturated heterocycles. The molecule has 0 bridgehead atoms. The zero-order valence-corrected chi connectivity index (χ0v) is 12.8. The largest absolute Gasteiger partial charge is 0.497 e. The van der Waals surface area contributed by atoms with Gasteiger partial charge < -0.3 is 4.74 Å². The van der Waals surface area contributed by atoms with Crippen molar-refractivity contribution in [3.63, 3.8) is 0 Å². The Morgan fingerprint density at radius 2 is 1.91 bits per heavy atom. The molecule has 3 nitrogen and oxygen atoms in total. The van der Waals surface area contributed by atoms with Gasteiger partial charge in [-0.25, -0.2) is 0 Å². The summed E-state index contributed by atoms with van der Waals surface area (Å²) in [4.78, 5) is 11.5. The van der Waals surface area contributed by atoms with E-state index in [9.17, 15) is 4.79 Å². The van der Waals surface area contributed by atoms with Gasteiger partial charge in [-0.2, -0.15) is 0 Å². The highest BCUT2D eigenvalue weighted by atomic mass is 32.1. The second-order valence-electron chi connectivity index (χ2n) is 5.07. The molecule has 4 aromatic rings. The van der Waals surface area contributed by atoms with Gasteiger partial charge in [-0.3, -0.25) is 9.36 Å². The molecular weight excluding hydrogens is 294 g/mol. The van der Waals surface area contributed by atoms with Crippen LogP contribution in [-0.4, -0.2) is 18.0 Å². The van der Waals surface area contributed by atoms with E-state index >= 15 is 0 Å². The van der Waals surface area contributed by atoms with Crippen LogP contribution in [0.4, 0.5) is 0 Å². The molecule has 0 atom stereocenters. The number of carbonyl (C=O) groups excluding carboxylic acids is 1. The predicted octanol–water partition coefficient (Wildman–Crippen LogP) is 4.67. The number of aromatic nitrogens is 1. The minimum atomic E-state index is 0.648. The molecule has 0 saturated carbocycles. The molecule has 0 aliphatic rings. The van der Waals surface area contributed by atoms with Crippen LogP contribution < -0.4 is 4.74 Å². The Balaban J connectivity index is 2.01. The Bertz CT molecular complexity index is 964. The van der Waals surface area contributed by atoms with E-state index in [2.05, 4.69) is 18.2 Å². The van der Waals surface area contributed by atoms with Gasteiger partial charge in [-0.1, -0.05) is 18.2 Å². The van der Waals surface area contributed by atoms with Crippen molar-refractivity contribution in [3.05, 3.63) is 60.3 Å². The summed E-state index contributed by atoms with van der Waals surface area (Å²) in [5.74, 6) is 0.790. The highest BCUT2D eigenvalue weighted by Gasteiger charge is 2.13.